The van der Waals surface area contributed by atoms with Crippen LogP contribution < -0.4 is 10.1 Å². The highest BCUT2D eigenvalue weighted by Crippen LogP contribution is 2.38. The van der Waals surface area contributed by atoms with Gasteiger partial charge in [-0.3, -0.25) is 0 Å². The number of anilines is 1. The van der Waals surface area contributed by atoms with Gasteiger partial charge in [0.15, 0.2) is 6.10 Å². The second-order valence-electron chi connectivity index (χ2n) is 3.77. The first kappa shape index (κ1) is 11.4. The molecule has 0 saturated carbocycles. The molecule has 0 radical (unpaired) electrons. The van der Waals surface area contributed by atoms with Crippen molar-refractivity contribution in [2.24, 2.45) is 0 Å². The molecule has 1 N–H and O–H groups in total. The fourth-order valence-electron chi connectivity index (χ4n) is 1.80. The highest BCUT2D eigenvalue weighted by molar-refractivity contribution is 9.11. The SMILES string of the molecule is Clc1ccc2c(c1)NCC(c1ccc(Br)s1)O2. The minimum absolute atomic E-state index is 0.0694. The Bertz CT molecular complexity index is 557. The third kappa shape index (κ3) is 2.30. The molecule has 3 rings (SSSR count). The lowest BCUT2D eigenvalue weighted by atomic mass is 10.2. The summed E-state index contributed by atoms with van der Waals surface area (Å²) in [6.45, 7) is 0.764. The van der Waals surface area contributed by atoms with Gasteiger partial charge >= 0.3 is 0 Å². The molecule has 1 aliphatic rings. The molecule has 5 heteroatoms. The zero-order chi connectivity index (χ0) is 11.8. The first-order chi connectivity index (χ1) is 8.22. The summed E-state index contributed by atoms with van der Waals surface area (Å²) in [7, 11) is 0. The van der Waals surface area contributed by atoms with E-state index in [9.17, 15) is 0 Å². The van der Waals surface area contributed by atoms with Crippen LogP contribution >= 0.6 is 38.9 Å². The van der Waals surface area contributed by atoms with Gasteiger partial charge in [0.2, 0.25) is 0 Å². The van der Waals surface area contributed by atoms with Crippen LogP contribution in [0.2, 0.25) is 5.02 Å². The van der Waals surface area contributed by atoms with Crippen LogP contribution in [-0.2, 0) is 0 Å². The average Bonchev–Trinajstić information content (AvgIpc) is 2.75. The largest absolute Gasteiger partial charge is 0.481 e. The predicted octanol–water partition coefficient (Wildman–Crippen LogP) is 4.71. The van der Waals surface area contributed by atoms with E-state index in [0.29, 0.717) is 0 Å². The Kier molecular flexibility index (Phi) is 3.03. The van der Waals surface area contributed by atoms with E-state index in [2.05, 4.69) is 27.3 Å². The van der Waals surface area contributed by atoms with Crippen molar-refractivity contribution in [3.05, 3.63) is 44.0 Å². The Morgan fingerprint density at radius 3 is 3.00 bits per heavy atom. The standard InChI is InChI=1S/C12H9BrClNOS/c13-12-4-3-11(17-12)10-6-15-8-5-7(14)1-2-9(8)16-10/h1-5,10,15H,6H2. The van der Waals surface area contributed by atoms with Gasteiger partial charge in [0.25, 0.3) is 0 Å². The molecule has 1 aliphatic heterocycles. The van der Waals surface area contributed by atoms with Crippen molar-refractivity contribution >= 4 is 44.6 Å². The summed E-state index contributed by atoms with van der Waals surface area (Å²) in [6, 6.07) is 9.76. The van der Waals surface area contributed by atoms with Crippen LogP contribution in [0.4, 0.5) is 5.69 Å². The number of halogens is 2. The van der Waals surface area contributed by atoms with Crippen molar-refractivity contribution in [3.8, 4) is 5.75 Å². The third-order valence-corrected chi connectivity index (χ3v) is 4.55. The lowest BCUT2D eigenvalue weighted by Gasteiger charge is -2.26. The van der Waals surface area contributed by atoms with Gasteiger partial charge < -0.3 is 10.1 Å². The van der Waals surface area contributed by atoms with Gasteiger partial charge in [-0.05, 0) is 46.3 Å². The van der Waals surface area contributed by atoms with E-state index in [4.69, 9.17) is 16.3 Å². The second-order valence-corrected chi connectivity index (χ2v) is 6.70. The molecule has 2 nitrogen and oxygen atoms in total. The normalized spacial score (nSPS) is 18.1. The summed E-state index contributed by atoms with van der Waals surface area (Å²) in [5, 5.41) is 4.06. The van der Waals surface area contributed by atoms with Gasteiger partial charge in [0.1, 0.15) is 5.75 Å². The first-order valence-corrected chi connectivity index (χ1v) is 7.16. The quantitative estimate of drug-likeness (QED) is 0.817. The summed E-state index contributed by atoms with van der Waals surface area (Å²) < 4.78 is 7.08. The Morgan fingerprint density at radius 2 is 2.24 bits per heavy atom. The molecule has 1 unspecified atom stereocenters. The summed E-state index contributed by atoms with van der Waals surface area (Å²) in [5.41, 5.74) is 0.962. The topological polar surface area (TPSA) is 21.3 Å². The highest BCUT2D eigenvalue weighted by atomic mass is 79.9. The van der Waals surface area contributed by atoms with Crippen molar-refractivity contribution in [2.75, 3.05) is 11.9 Å². The van der Waals surface area contributed by atoms with Gasteiger partial charge in [-0.1, -0.05) is 11.6 Å². The molecule has 0 bridgehead atoms. The number of nitrogens with one attached hydrogen (secondary N) is 1. The van der Waals surface area contributed by atoms with E-state index in [1.165, 1.54) is 4.88 Å². The van der Waals surface area contributed by atoms with Crippen LogP contribution in [0.5, 0.6) is 5.75 Å². The number of hydrogen-bond acceptors (Lipinski definition) is 3. The van der Waals surface area contributed by atoms with Crippen molar-refractivity contribution in [1.29, 1.82) is 0 Å². The molecular weight excluding hydrogens is 322 g/mol. The molecule has 0 saturated heterocycles. The average molecular weight is 331 g/mol. The summed E-state index contributed by atoms with van der Waals surface area (Å²) in [5.74, 6) is 0.857. The fraction of sp³-hybridized carbons (Fsp3) is 0.167. The Balaban J connectivity index is 1.88. The molecule has 0 fully saturated rings. The zero-order valence-corrected chi connectivity index (χ0v) is 11.9. The lowest BCUT2D eigenvalue weighted by molar-refractivity contribution is 0.214. The monoisotopic (exact) mass is 329 g/mol. The number of ether oxygens (including phenoxy) is 1. The maximum Gasteiger partial charge on any atom is 0.150 e. The van der Waals surface area contributed by atoms with Crippen molar-refractivity contribution in [2.45, 2.75) is 6.10 Å². The van der Waals surface area contributed by atoms with Crippen LogP contribution in [-0.4, -0.2) is 6.54 Å². The second kappa shape index (κ2) is 4.52. The highest BCUT2D eigenvalue weighted by Gasteiger charge is 2.22. The minimum Gasteiger partial charge on any atom is -0.481 e. The molecule has 88 valence electrons. The van der Waals surface area contributed by atoms with Crippen molar-refractivity contribution in [1.82, 2.24) is 0 Å². The summed E-state index contributed by atoms with van der Waals surface area (Å²) in [6.07, 6.45) is 0.0694. The number of benzene rings is 1. The van der Waals surface area contributed by atoms with Crippen LogP contribution in [0.3, 0.4) is 0 Å². The molecule has 0 aliphatic carbocycles. The van der Waals surface area contributed by atoms with E-state index >= 15 is 0 Å². The van der Waals surface area contributed by atoms with E-state index in [0.717, 1.165) is 26.8 Å². The van der Waals surface area contributed by atoms with E-state index in [1.807, 2.05) is 24.3 Å². The molecular formula is C12H9BrClNOS. The third-order valence-electron chi connectivity index (χ3n) is 2.60. The molecule has 17 heavy (non-hydrogen) atoms. The Morgan fingerprint density at radius 1 is 1.35 bits per heavy atom. The zero-order valence-electron chi connectivity index (χ0n) is 8.74. The number of thiophene rings is 1. The Labute approximate surface area is 117 Å². The van der Waals surface area contributed by atoms with Crippen LogP contribution in [0.1, 0.15) is 11.0 Å². The van der Waals surface area contributed by atoms with Crippen molar-refractivity contribution in [3.63, 3.8) is 0 Å². The van der Waals surface area contributed by atoms with E-state index in [-0.39, 0.29) is 6.10 Å². The minimum atomic E-state index is 0.0694. The molecule has 2 heterocycles. The van der Waals surface area contributed by atoms with Crippen molar-refractivity contribution < 1.29 is 4.74 Å². The maximum atomic E-state index is 5.95. The molecule has 1 aromatic carbocycles. The molecule has 2 aromatic rings. The van der Waals surface area contributed by atoms with Gasteiger partial charge in [0, 0.05) is 9.90 Å². The van der Waals surface area contributed by atoms with Gasteiger partial charge in [0.05, 0.1) is 16.0 Å². The van der Waals surface area contributed by atoms with E-state index in [1.54, 1.807) is 11.3 Å². The summed E-state index contributed by atoms with van der Waals surface area (Å²) >= 11 is 11.1. The Hall–Kier alpha value is -0.710. The molecule has 1 atom stereocenters. The number of hydrogen-bond donors (Lipinski definition) is 1. The molecule has 0 spiro atoms. The van der Waals surface area contributed by atoms with E-state index < -0.39 is 0 Å². The molecule has 1 aromatic heterocycles. The number of fused-ring (bicyclic) bond motifs is 1. The summed E-state index contributed by atoms with van der Waals surface area (Å²) in [4.78, 5) is 1.21. The van der Waals surface area contributed by atoms with Crippen LogP contribution in [0, 0.1) is 0 Å². The van der Waals surface area contributed by atoms with Gasteiger partial charge in [-0.25, -0.2) is 0 Å². The predicted molar refractivity (Wildman–Crippen MR) is 75.3 cm³/mol. The fourth-order valence-corrected chi connectivity index (χ4v) is 3.43. The van der Waals surface area contributed by atoms with Gasteiger partial charge in [-0.2, -0.15) is 0 Å². The first-order valence-electron chi connectivity index (χ1n) is 5.18. The lowest BCUT2D eigenvalue weighted by Crippen LogP contribution is -2.22. The van der Waals surface area contributed by atoms with Crippen LogP contribution in [0.25, 0.3) is 0 Å². The van der Waals surface area contributed by atoms with Gasteiger partial charge in [-0.15, -0.1) is 11.3 Å². The molecule has 0 amide bonds. The number of rotatable bonds is 1. The maximum absolute atomic E-state index is 5.95. The smallest absolute Gasteiger partial charge is 0.150 e. The van der Waals surface area contributed by atoms with Crippen LogP contribution in [0.15, 0.2) is 34.1 Å².